The highest BCUT2D eigenvalue weighted by Gasteiger charge is 2.15. The summed E-state index contributed by atoms with van der Waals surface area (Å²) < 4.78 is 21.4. The van der Waals surface area contributed by atoms with E-state index in [1.165, 1.54) is 23.5 Å². The Labute approximate surface area is 106 Å². The second kappa shape index (κ2) is 4.75. The third kappa shape index (κ3) is 2.07. The van der Waals surface area contributed by atoms with Gasteiger partial charge in [-0.05, 0) is 17.5 Å². The van der Waals surface area contributed by atoms with Gasteiger partial charge in [0.05, 0.1) is 11.3 Å². The minimum absolute atomic E-state index is 0.173. The molecule has 0 spiro atoms. The van der Waals surface area contributed by atoms with Crippen LogP contribution in [0.4, 0.5) is 5.69 Å². The summed E-state index contributed by atoms with van der Waals surface area (Å²) in [6, 6.07) is 9.85. The molecule has 2 rings (SSSR count). The van der Waals surface area contributed by atoms with Crippen molar-refractivity contribution >= 4 is 33.7 Å². The first-order valence-electron chi connectivity index (χ1n) is 5.12. The number of rotatable bonds is 3. The number of hydrogen-bond donors (Lipinski definition) is 2. The van der Waals surface area contributed by atoms with Crippen molar-refractivity contribution in [1.82, 2.24) is 0 Å². The van der Waals surface area contributed by atoms with Crippen LogP contribution in [0, 0.1) is 0 Å². The molecule has 0 aliphatic heterocycles. The molecule has 1 unspecified atom stereocenters. The smallest absolute Gasteiger partial charge is 0.336 e. The molecule has 0 aromatic heterocycles. The molecule has 2 aromatic rings. The summed E-state index contributed by atoms with van der Waals surface area (Å²) in [5.74, 6) is -1.02. The fourth-order valence-electron chi connectivity index (χ4n) is 1.83. The maximum Gasteiger partial charge on any atom is 0.336 e. The second-order valence-electron chi connectivity index (χ2n) is 3.71. The van der Waals surface area contributed by atoms with Crippen molar-refractivity contribution < 1.29 is 18.7 Å². The first kappa shape index (κ1) is 12.5. The SMILES string of the molecule is CN(c1ccc(C(=O)O)c2ccccc12)S(=O)O. The van der Waals surface area contributed by atoms with Gasteiger partial charge in [-0.25, -0.2) is 9.00 Å². The quantitative estimate of drug-likeness (QED) is 0.833. The lowest BCUT2D eigenvalue weighted by Gasteiger charge is -2.17. The Bertz CT molecular complexity index is 641. The van der Waals surface area contributed by atoms with Crippen LogP contribution in [0.1, 0.15) is 10.4 Å². The van der Waals surface area contributed by atoms with Crippen LogP contribution >= 0.6 is 0 Å². The van der Waals surface area contributed by atoms with Gasteiger partial charge in [0, 0.05) is 12.4 Å². The zero-order valence-corrected chi connectivity index (χ0v) is 10.3. The van der Waals surface area contributed by atoms with Crippen molar-refractivity contribution in [2.24, 2.45) is 0 Å². The van der Waals surface area contributed by atoms with Gasteiger partial charge in [-0.2, -0.15) is 0 Å². The van der Waals surface area contributed by atoms with E-state index < -0.39 is 17.2 Å². The molecule has 0 radical (unpaired) electrons. The summed E-state index contributed by atoms with van der Waals surface area (Å²) in [5, 5.41) is 10.3. The van der Waals surface area contributed by atoms with Crippen molar-refractivity contribution in [2.45, 2.75) is 0 Å². The van der Waals surface area contributed by atoms with Gasteiger partial charge in [0.1, 0.15) is 0 Å². The second-order valence-corrected chi connectivity index (χ2v) is 4.72. The van der Waals surface area contributed by atoms with Crippen LogP contribution in [-0.4, -0.2) is 26.9 Å². The van der Waals surface area contributed by atoms with Gasteiger partial charge < -0.3 is 5.11 Å². The van der Waals surface area contributed by atoms with Crippen LogP contribution in [-0.2, 0) is 11.3 Å². The molecule has 0 aliphatic carbocycles. The molecule has 5 nitrogen and oxygen atoms in total. The molecule has 0 heterocycles. The third-order valence-corrected chi connectivity index (χ3v) is 3.37. The van der Waals surface area contributed by atoms with Crippen LogP contribution in [0.2, 0.25) is 0 Å². The molecular weight excluding hydrogens is 254 g/mol. The topological polar surface area (TPSA) is 77.8 Å². The van der Waals surface area contributed by atoms with Crippen molar-refractivity contribution in [3.63, 3.8) is 0 Å². The largest absolute Gasteiger partial charge is 0.478 e. The third-order valence-electron chi connectivity index (χ3n) is 2.70. The van der Waals surface area contributed by atoms with Gasteiger partial charge in [-0.1, -0.05) is 24.3 Å². The Morgan fingerprint density at radius 2 is 1.78 bits per heavy atom. The number of carbonyl (C=O) groups is 1. The highest BCUT2D eigenvalue weighted by Crippen LogP contribution is 2.29. The summed E-state index contributed by atoms with van der Waals surface area (Å²) >= 11 is -2.15. The van der Waals surface area contributed by atoms with Crippen LogP contribution in [0.5, 0.6) is 0 Å². The van der Waals surface area contributed by atoms with E-state index in [0.29, 0.717) is 16.5 Å². The van der Waals surface area contributed by atoms with E-state index in [0.717, 1.165) is 0 Å². The highest BCUT2D eigenvalue weighted by molar-refractivity contribution is 7.80. The summed E-state index contributed by atoms with van der Waals surface area (Å²) in [5.41, 5.74) is 0.683. The zero-order chi connectivity index (χ0) is 13.3. The van der Waals surface area contributed by atoms with Gasteiger partial charge in [0.15, 0.2) is 0 Å². The lowest BCUT2D eigenvalue weighted by atomic mass is 10.0. The molecular formula is C12H11NO4S. The van der Waals surface area contributed by atoms with E-state index in [9.17, 15) is 9.00 Å². The monoisotopic (exact) mass is 265 g/mol. The minimum Gasteiger partial charge on any atom is -0.478 e. The molecule has 94 valence electrons. The average Bonchev–Trinajstić information content (AvgIpc) is 2.36. The van der Waals surface area contributed by atoms with Crippen molar-refractivity contribution in [3.8, 4) is 0 Å². The van der Waals surface area contributed by atoms with Crippen LogP contribution in [0.25, 0.3) is 10.8 Å². The van der Waals surface area contributed by atoms with Crippen molar-refractivity contribution in [2.75, 3.05) is 11.4 Å². The predicted molar refractivity (Wildman–Crippen MR) is 70.1 cm³/mol. The van der Waals surface area contributed by atoms with E-state index in [2.05, 4.69) is 0 Å². The van der Waals surface area contributed by atoms with E-state index in [1.807, 2.05) is 0 Å². The number of benzene rings is 2. The van der Waals surface area contributed by atoms with Crippen LogP contribution in [0.15, 0.2) is 36.4 Å². The maximum atomic E-state index is 11.1. The number of carboxylic acids is 1. The number of anilines is 1. The Kier molecular flexibility index (Phi) is 3.31. The summed E-state index contributed by atoms with van der Waals surface area (Å²) in [6.45, 7) is 0. The van der Waals surface area contributed by atoms with Gasteiger partial charge >= 0.3 is 5.97 Å². The van der Waals surface area contributed by atoms with E-state index in [1.54, 1.807) is 24.3 Å². The molecule has 0 amide bonds. The summed E-state index contributed by atoms with van der Waals surface area (Å²) in [6.07, 6.45) is 0. The van der Waals surface area contributed by atoms with Gasteiger partial charge in [-0.15, -0.1) is 0 Å². The number of nitrogens with zero attached hydrogens (tertiary/aromatic N) is 1. The lowest BCUT2D eigenvalue weighted by Crippen LogP contribution is -2.19. The van der Waals surface area contributed by atoms with Gasteiger partial charge in [0.25, 0.3) is 11.3 Å². The van der Waals surface area contributed by atoms with Crippen molar-refractivity contribution in [1.29, 1.82) is 0 Å². The molecule has 18 heavy (non-hydrogen) atoms. The van der Waals surface area contributed by atoms with Crippen molar-refractivity contribution in [3.05, 3.63) is 42.0 Å². The van der Waals surface area contributed by atoms with Gasteiger partial charge in [0.2, 0.25) is 0 Å². The fraction of sp³-hybridized carbons (Fsp3) is 0.0833. The van der Waals surface area contributed by atoms with Gasteiger partial charge in [-0.3, -0.25) is 8.86 Å². The first-order chi connectivity index (χ1) is 8.52. The molecule has 0 saturated heterocycles. The Morgan fingerprint density at radius 1 is 1.17 bits per heavy atom. The predicted octanol–water partition coefficient (Wildman–Crippen LogP) is 2.11. The molecule has 1 atom stereocenters. The lowest BCUT2D eigenvalue weighted by molar-refractivity contribution is 0.0699. The Hall–Kier alpha value is -1.92. The molecule has 2 N–H and O–H groups in total. The number of carboxylic acid groups (broad SMARTS) is 1. The minimum atomic E-state index is -2.15. The molecule has 2 aromatic carbocycles. The Morgan fingerprint density at radius 3 is 2.33 bits per heavy atom. The average molecular weight is 265 g/mol. The van der Waals surface area contributed by atoms with E-state index in [-0.39, 0.29) is 5.56 Å². The summed E-state index contributed by atoms with van der Waals surface area (Å²) in [7, 11) is 1.47. The Balaban J connectivity index is 2.76. The van der Waals surface area contributed by atoms with E-state index >= 15 is 0 Å². The standard InChI is InChI=1S/C12H11NO4S/c1-13(18(16)17)11-7-6-10(12(14)15)8-4-2-3-5-9(8)11/h2-7H,1H3,(H,14,15)(H,16,17). The normalized spacial score (nSPS) is 12.3. The zero-order valence-electron chi connectivity index (χ0n) is 9.53. The highest BCUT2D eigenvalue weighted by atomic mass is 32.2. The molecule has 0 fully saturated rings. The summed E-state index contributed by atoms with van der Waals surface area (Å²) in [4.78, 5) is 11.1. The van der Waals surface area contributed by atoms with E-state index in [4.69, 9.17) is 9.66 Å². The van der Waals surface area contributed by atoms with Crippen LogP contribution in [0.3, 0.4) is 0 Å². The molecule has 0 saturated carbocycles. The van der Waals surface area contributed by atoms with Crippen LogP contribution < -0.4 is 4.31 Å². The molecule has 0 aliphatic rings. The number of fused-ring (bicyclic) bond motifs is 1. The first-order valence-corrected chi connectivity index (χ1v) is 6.18. The molecule has 6 heteroatoms. The molecule has 0 bridgehead atoms. The maximum absolute atomic E-state index is 11.1. The fourth-order valence-corrected chi connectivity index (χ4v) is 2.16. The number of aromatic carboxylic acids is 1. The number of hydrogen-bond acceptors (Lipinski definition) is 2.